The minimum Gasteiger partial charge on any atom is -0.511 e. The third kappa shape index (κ3) is 4.59. The summed E-state index contributed by atoms with van der Waals surface area (Å²) in [6.45, 7) is 10.4. The van der Waals surface area contributed by atoms with Crippen LogP contribution in [0.4, 0.5) is 0 Å². The molecule has 7 nitrogen and oxygen atoms in total. The van der Waals surface area contributed by atoms with Crippen LogP contribution in [0.2, 0.25) is 0 Å². The van der Waals surface area contributed by atoms with Gasteiger partial charge >= 0.3 is 0 Å². The number of hydrogen-bond acceptors (Lipinski definition) is 6. The summed E-state index contributed by atoms with van der Waals surface area (Å²) in [6, 6.07) is 0.0336. The van der Waals surface area contributed by atoms with Gasteiger partial charge in [0.05, 0.1) is 18.8 Å². The second-order valence-corrected chi connectivity index (χ2v) is 11.5. The summed E-state index contributed by atoms with van der Waals surface area (Å²) in [7, 11) is 0. The highest BCUT2D eigenvalue weighted by Gasteiger charge is 2.54. The van der Waals surface area contributed by atoms with Crippen molar-refractivity contribution in [3.8, 4) is 0 Å². The lowest BCUT2D eigenvalue weighted by Gasteiger charge is -2.53. The molecule has 0 aromatic heterocycles. The largest absolute Gasteiger partial charge is 0.511 e. The van der Waals surface area contributed by atoms with Crippen molar-refractivity contribution in [2.75, 3.05) is 6.54 Å². The van der Waals surface area contributed by atoms with E-state index in [4.69, 9.17) is 15.2 Å². The van der Waals surface area contributed by atoms with Crippen LogP contribution in [0.15, 0.2) is 23.0 Å². The summed E-state index contributed by atoms with van der Waals surface area (Å²) in [4.78, 5) is 25.1. The topological polar surface area (TPSA) is 111 Å². The van der Waals surface area contributed by atoms with Gasteiger partial charge in [-0.2, -0.15) is 0 Å². The molecule has 0 aromatic carbocycles. The van der Waals surface area contributed by atoms with E-state index in [2.05, 4.69) is 32.2 Å². The number of ether oxygens (including phenoxy) is 2. The number of amides is 1. The zero-order chi connectivity index (χ0) is 24.8. The normalized spacial score (nSPS) is 43.1. The van der Waals surface area contributed by atoms with Gasteiger partial charge in [-0.05, 0) is 76.5 Å². The van der Waals surface area contributed by atoms with E-state index >= 15 is 0 Å². The number of rotatable bonds is 5. The number of hydrogen-bond donors (Lipinski definition) is 3. The fourth-order valence-electron chi connectivity index (χ4n) is 7.00. The third-order valence-corrected chi connectivity index (χ3v) is 9.00. The molecule has 1 saturated carbocycles. The summed E-state index contributed by atoms with van der Waals surface area (Å²) in [5.41, 5.74) is 6.52. The third-order valence-electron chi connectivity index (χ3n) is 9.00. The molecule has 2 aliphatic heterocycles. The van der Waals surface area contributed by atoms with Gasteiger partial charge in [-0.25, -0.2) is 0 Å². The van der Waals surface area contributed by atoms with Crippen LogP contribution >= 0.6 is 0 Å². The van der Waals surface area contributed by atoms with E-state index in [-0.39, 0.29) is 60.0 Å². The van der Waals surface area contributed by atoms with Gasteiger partial charge in [0, 0.05) is 11.5 Å². The van der Waals surface area contributed by atoms with Crippen LogP contribution in [0.1, 0.15) is 73.1 Å². The lowest BCUT2D eigenvalue weighted by Crippen LogP contribution is -2.48. The molecule has 0 unspecified atom stereocenters. The standard InChI is InChI=1S/C27H42N2O5/c1-14-6-7-19-18(10-14)11-15(2)20(12-16(3)33-23-9-8-21(28)17(4)34-23)27(19,5)25(31)24-22(30)13-29-26(24)32/h11,14,16-21,23,31H,6-10,12-13,28H2,1-5H3,(H,29,32)/t14-,16+,17+,18+,19-,20+,21-,23+,27+/m1/s1. The molecule has 0 spiro atoms. The van der Waals surface area contributed by atoms with Crippen molar-refractivity contribution in [2.45, 2.75) is 97.7 Å². The number of Topliss-reactive ketones (excluding diaryl/α,β-unsaturated/α-hetero) is 1. The molecule has 4 N–H and O–H groups in total. The van der Waals surface area contributed by atoms with Crippen LogP contribution in [0, 0.1) is 29.1 Å². The van der Waals surface area contributed by atoms with Crippen molar-refractivity contribution in [1.82, 2.24) is 5.32 Å². The summed E-state index contributed by atoms with van der Waals surface area (Å²) in [5, 5.41) is 14.2. The van der Waals surface area contributed by atoms with Gasteiger partial charge in [0.15, 0.2) is 12.1 Å². The highest BCUT2D eigenvalue weighted by Crippen LogP contribution is 2.58. The second kappa shape index (κ2) is 9.75. The van der Waals surface area contributed by atoms with Gasteiger partial charge in [-0.15, -0.1) is 0 Å². The second-order valence-electron chi connectivity index (χ2n) is 11.5. The Kier molecular flexibility index (Phi) is 7.28. The average molecular weight is 475 g/mol. The molecule has 2 saturated heterocycles. The Labute approximate surface area is 203 Å². The number of nitrogens with one attached hydrogen (secondary N) is 1. The molecule has 0 aromatic rings. The van der Waals surface area contributed by atoms with Crippen LogP contribution in [0.5, 0.6) is 0 Å². The molecule has 4 aliphatic rings. The molecular weight excluding hydrogens is 432 g/mol. The van der Waals surface area contributed by atoms with Crippen molar-refractivity contribution >= 4 is 11.7 Å². The van der Waals surface area contributed by atoms with Gasteiger partial charge in [0.25, 0.3) is 5.91 Å². The van der Waals surface area contributed by atoms with Crippen LogP contribution < -0.4 is 11.1 Å². The molecule has 1 amide bonds. The monoisotopic (exact) mass is 474 g/mol. The average Bonchev–Trinajstić information content (AvgIpc) is 3.10. The first-order chi connectivity index (χ1) is 16.0. The highest BCUT2D eigenvalue weighted by molar-refractivity contribution is 6.25. The first kappa shape index (κ1) is 25.4. The van der Waals surface area contributed by atoms with Gasteiger partial charge < -0.3 is 25.6 Å². The first-order valence-electron chi connectivity index (χ1n) is 13.0. The van der Waals surface area contributed by atoms with Crippen LogP contribution in [0.3, 0.4) is 0 Å². The Balaban J connectivity index is 1.64. The van der Waals surface area contributed by atoms with E-state index in [0.717, 1.165) is 32.1 Å². The molecule has 2 heterocycles. The number of ketones is 1. The van der Waals surface area contributed by atoms with E-state index < -0.39 is 11.3 Å². The van der Waals surface area contributed by atoms with E-state index in [1.165, 1.54) is 5.57 Å². The fraction of sp³-hybridized carbons (Fsp3) is 0.778. The smallest absolute Gasteiger partial charge is 0.258 e. The summed E-state index contributed by atoms with van der Waals surface area (Å²) in [5.74, 6) is 0.261. The molecule has 0 radical (unpaired) electrons. The maximum atomic E-state index is 12.6. The number of fused-ring (bicyclic) bond motifs is 1. The van der Waals surface area contributed by atoms with Crippen LogP contribution in [-0.2, 0) is 19.1 Å². The van der Waals surface area contributed by atoms with Crippen LogP contribution in [-0.4, -0.2) is 47.9 Å². The maximum absolute atomic E-state index is 12.6. The molecule has 0 bridgehead atoms. The molecule has 2 aliphatic carbocycles. The van der Waals surface area contributed by atoms with Crippen molar-refractivity contribution in [3.63, 3.8) is 0 Å². The Bertz CT molecular complexity index is 864. The highest BCUT2D eigenvalue weighted by atomic mass is 16.7. The molecule has 9 atom stereocenters. The predicted octanol–water partition coefficient (Wildman–Crippen LogP) is 3.78. The number of aliphatic hydroxyl groups excluding tert-OH is 1. The summed E-state index contributed by atoms with van der Waals surface area (Å²) < 4.78 is 12.3. The molecule has 34 heavy (non-hydrogen) atoms. The predicted molar refractivity (Wildman–Crippen MR) is 130 cm³/mol. The zero-order valence-electron chi connectivity index (χ0n) is 21.3. The lowest BCUT2D eigenvalue weighted by molar-refractivity contribution is -0.215. The maximum Gasteiger partial charge on any atom is 0.258 e. The summed E-state index contributed by atoms with van der Waals surface area (Å²) >= 11 is 0. The Morgan fingerprint density at radius 2 is 2.03 bits per heavy atom. The number of carbonyl (C=O) groups excluding carboxylic acids is 2. The first-order valence-corrected chi connectivity index (χ1v) is 13.0. The number of carbonyl (C=O) groups is 2. The number of aliphatic hydroxyl groups is 1. The number of nitrogens with two attached hydrogens (primary N) is 1. The number of allylic oxidation sites excluding steroid dienone is 3. The van der Waals surface area contributed by atoms with E-state index in [9.17, 15) is 14.7 Å². The van der Waals surface area contributed by atoms with Crippen molar-refractivity contribution in [3.05, 3.63) is 23.0 Å². The molecule has 4 rings (SSSR count). The minimum absolute atomic E-state index is 0.0322. The summed E-state index contributed by atoms with van der Waals surface area (Å²) in [6.07, 6.45) is 7.34. The molecule has 3 fully saturated rings. The van der Waals surface area contributed by atoms with Crippen LogP contribution in [0.25, 0.3) is 0 Å². The Morgan fingerprint density at radius 1 is 1.29 bits per heavy atom. The Morgan fingerprint density at radius 3 is 2.68 bits per heavy atom. The lowest BCUT2D eigenvalue weighted by atomic mass is 9.51. The van der Waals surface area contributed by atoms with E-state index in [1.54, 1.807) is 0 Å². The van der Waals surface area contributed by atoms with E-state index in [1.807, 2.05) is 13.8 Å². The quantitative estimate of drug-likeness (QED) is 0.242. The Hall–Kier alpha value is -1.70. The van der Waals surface area contributed by atoms with E-state index in [0.29, 0.717) is 18.3 Å². The molecule has 190 valence electrons. The van der Waals surface area contributed by atoms with Crippen molar-refractivity contribution in [2.24, 2.45) is 34.8 Å². The fourth-order valence-corrected chi connectivity index (χ4v) is 7.00. The van der Waals surface area contributed by atoms with Gasteiger partial charge in [-0.1, -0.05) is 31.9 Å². The zero-order valence-corrected chi connectivity index (χ0v) is 21.3. The van der Waals surface area contributed by atoms with Gasteiger partial charge in [0.1, 0.15) is 11.3 Å². The van der Waals surface area contributed by atoms with Crippen molar-refractivity contribution < 1.29 is 24.2 Å². The SMILES string of the molecule is CC1=C[C@@H]2C[C@H](C)CC[C@H]2[C@](C)(C(O)=C2C(=O)CNC2=O)[C@H]1C[C@H](C)O[C@@H]1CC[C@@H](N)[C@H](C)O1. The van der Waals surface area contributed by atoms with Gasteiger partial charge in [0.2, 0.25) is 0 Å². The van der Waals surface area contributed by atoms with Crippen molar-refractivity contribution in [1.29, 1.82) is 0 Å². The molecular formula is C27H42N2O5. The minimum atomic E-state index is -0.711. The van der Waals surface area contributed by atoms with Gasteiger partial charge in [-0.3, -0.25) is 9.59 Å². The molecule has 7 heteroatoms.